The summed E-state index contributed by atoms with van der Waals surface area (Å²) in [6.07, 6.45) is 11.8. The first-order chi connectivity index (χ1) is 27.7. The van der Waals surface area contributed by atoms with Gasteiger partial charge in [0, 0.05) is 20.9 Å². The van der Waals surface area contributed by atoms with E-state index in [1.165, 1.54) is 107 Å². The maximum absolute atomic E-state index is 2.79. The smallest absolute Gasteiger partial charge is 0.0502 e. The Balaban J connectivity index is 1.20. The van der Waals surface area contributed by atoms with Crippen LogP contribution in [0, 0.1) is 23.7 Å². The number of benzene rings is 5. The van der Waals surface area contributed by atoms with Crippen molar-refractivity contribution in [3.63, 3.8) is 0 Å². The zero-order valence-electron chi connectivity index (χ0n) is 36.3. The molecule has 0 saturated heterocycles. The Hall–Kier alpha value is -3.75. The maximum Gasteiger partial charge on any atom is 0.0502 e. The van der Waals surface area contributed by atoms with Gasteiger partial charge >= 0.3 is 0 Å². The minimum absolute atomic E-state index is 0.0323. The summed E-state index contributed by atoms with van der Waals surface area (Å²) in [6, 6.07) is 41.1. The lowest BCUT2D eigenvalue weighted by Crippen LogP contribution is -2.57. The first-order valence-electron chi connectivity index (χ1n) is 22.8. The van der Waals surface area contributed by atoms with Gasteiger partial charge in [0.15, 0.2) is 0 Å². The van der Waals surface area contributed by atoms with Crippen molar-refractivity contribution in [2.75, 3.05) is 4.90 Å². The normalized spacial score (nSPS) is 28.6. The van der Waals surface area contributed by atoms with Gasteiger partial charge < -0.3 is 4.90 Å². The van der Waals surface area contributed by atoms with Gasteiger partial charge in [-0.25, -0.2) is 0 Å². The van der Waals surface area contributed by atoms with E-state index in [0.29, 0.717) is 11.8 Å². The Kier molecular flexibility index (Phi) is 8.12. The fourth-order valence-corrected chi connectivity index (χ4v) is 15.5. The predicted molar refractivity (Wildman–Crippen MR) is 246 cm³/mol. The number of hydrogen-bond acceptors (Lipinski definition) is 2. The van der Waals surface area contributed by atoms with Gasteiger partial charge in [-0.3, -0.25) is 0 Å². The lowest BCUT2D eigenvalue weighted by atomic mass is 9.42. The molecule has 5 aromatic carbocycles. The molecule has 2 heteroatoms. The van der Waals surface area contributed by atoms with Gasteiger partial charge in [-0.2, -0.15) is 0 Å². The average Bonchev–Trinajstić information content (AvgIpc) is 3.20. The second-order valence-electron chi connectivity index (χ2n) is 22.3. The van der Waals surface area contributed by atoms with Crippen molar-refractivity contribution in [1.29, 1.82) is 0 Å². The minimum Gasteiger partial charge on any atom is -0.310 e. The van der Waals surface area contributed by atoms with E-state index < -0.39 is 0 Å². The Morgan fingerprint density at radius 3 is 1.57 bits per heavy atom. The van der Waals surface area contributed by atoms with Gasteiger partial charge in [0.1, 0.15) is 0 Å². The molecule has 1 aliphatic heterocycles. The second kappa shape index (κ2) is 12.6. The van der Waals surface area contributed by atoms with E-state index >= 15 is 0 Å². The van der Waals surface area contributed by atoms with Gasteiger partial charge in [-0.1, -0.05) is 140 Å². The number of rotatable bonds is 4. The molecule has 0 amide bonds. The molecule has 4 fully saturated rings. The van der Waals surface area contributed by atoms with Crippen LogP contribution in [0.1, 0.15) is 147 Å². The summed E-state index contributed by atoms with van der Waals surface area (Å²) >= 11 is 2.06. The van der Waals surface area contributed by atoms with Crippen LogP contribution in [0.15, 0.2) is 113 Å². The third-order valence-corrected chi connectivity index (χ3v) is 18.2. The molecular formula is C56H63NS. The molecule has 1 heterocycles. The summed E-state index contributed by atoms with van der Waals surface area (Å²) in [5.41, 5.74) is 16.7. The second-order valence-corrected chi connectivity index (χ2v) is 23.3. The number of anilines is 3. The molecular weight excluding hydrogens is 719 g/mol. The number of fused-ring (bicyclic) bond motifs is 4. The average molecular weight is 782 g/mol. The van der Waals surface area contributed by atoms with Crippen molar-refractivity contribution in [2.45, 2.75) is 150 Å². The molecule has 0 radical (unpaired) electrons. The van der Waals surface area contributed by atoms with E-state index in [0.717, 1.165) is 11.8 Å². The molecule has 0 atom stereocenters. The fourth-order valence-electron chi connectivity index (χ4n) is 14.1. The van der Waals surface area contributed by atoms with Gasteiger partial charge in [-0.05, 0) is 178 Å². The Labute approximate surface area is 353 Å². The summed E-state index contributed by atoms with van der Waals surface area (Å²) in [5.74, 6) is 3.17. The maximum atomic E-state index is 2.79. The lowest BCUT2D eigenvalue weighted by Gasteiger charge is -2.63. The Morgan fingerprint density at radius 1 is 0.483 bits per heavy atom. The van der Waals surface area contributed by atoms with Gasteiger partial charge in [0.2, 0.25) is 0 Å². The van der Waals surface area contributed by atoms with Crippen LogP contribution in [0.4, 0.5) is 17.1 Å². The molecule has 58 heavy (non-hydrogen) atoms. The predicted octanol–water partition coefficient (Wildman–Crippen LogP) is 15.7. The van der Waals surface area contributed by atoms with Crippen molar-refractivity contribution >= 4 is 28.8 Å². The summed E-state index contributed by atoms with van der Waals surface area (Å²) in [7, 11) is 0. The van der Waals surface area contributed by atoms with E-state index in [2.05, 4.69) is 175 Å². The molecule has 1 nitrogen and oxygen atoms in total. The zero-order valence-corrected chi connectivity index (χ0v) is 37.2. The van der Waals surface area contributed by atoms with Crippen molar-refractivity contribution in [3.8, 4) is 11.1 Å². The highest BCUT2D eigenvalue weighted by atomic mass is 32.2. The monoisotopic (exact) mass is 781 g/mol. The molecule has 0 N–H and O–H groups in total. The summed E-state index contributed by atoms with van der Waals surface area (Å²) in [4.78, 5) is 5.79. The van der Waals surface area contributed by atoms with Crippen molar-refractivity contribution < 1.29 is 0 Å². The first-order valence-corrected chi connectivity index (χ1v) is 23.6. The molecule has 5 aromatic rings. The standard InChI is InChI=1S/C56H63NS/c1-52(2)25-27-54(5,6)49-42(52)18-13-21-46(49)57(47-22-14-19-43-50(47)55(7,8)28-26-53(43,3)4)40-23-24-48-45(34-40)56(38-30-35-29-36(32-38)33-39(56)31-35)44-20-12-17-41(51(44)58-48)37-15-10-9-11-16-37/h9-24,34-36,38-39H,25-33H2,1-8H3. The van der Waals surface area contributed by atoms with E-state index in [9.17, 15) is 0 Å². The molecule has 12 rings (SSSR count). The van der Waals surface area contributed by atoms with E-state index in [4.69, 9.17) is 0 Å². The fraction of sp³-hybridized carbons (Fsp3) is 0.464. The Morgan fingerprint density at radius 2 is 1.00 bits per heavy atom. The summed E-state index contributed by atoms with van der Waals surface area (Å²) < 4.78 is 0. The van der Waals surface area contributed by atoms with Gasteiger partial charge in [-0.15, -0.1) is 0 Å². The summed E-state index contributed by atoms with van der Waals surface area (Å²) in [5, 5.41) is 0. The molecule has 4 bridgehead atoms. The van der Waals surface area contributed by atoms with Crippen LogP contribution in [0.5, 0.6) is 0 Å². The van der Waals surface area contributed by atoms with Crippen molar-refractivity contribution in [1.82, 2.24) is 0 Å². The highest BCUT2D eigenvalue weighted by Gasteiger charge is 2.61. The van der Waals surface area contributed by atoms with Crippen LogP contribution in [-0.4, -0.2) is 0 Å². The molecule has 1 spiro atoms. The van der Waals surface area contributed by atoms with E-state index in [-0.39, 0.29) is 27.1 Å². The van der Waals surface area contributed by atoms with Crippen LogP contribution in [-0.2, 0) is 27.1 Å². The quantitative estimate of drug-likeness (QED) is 0.179. The molecule has 4 saturated carbocycles. The molecule has 7 aliphatic rings. The molecule has 6 aliphatic carbocycles. The largest absolute Gasteiger partial charge is 0.310 e. The van der Waals surface area contributed by atoms with Crippen LogP contribution in [0.2, 0.25) is 0 Å². The third-order valence-electron chi connectivity index (χ3n) is 17.0. The third kappa shape index (κ3) is 5.28. The lowest BCUT2D eigenvalue weighted by molar-refractivity contribution is -0.0443. The number of nitrogens with zero attached hydrogens (tertiary/aromatic N) is 1. The molecule has 0 aromatic heterocycles. The molecule has 298 valence electrons. The highest BCUT2D eigenvalue weighted by molar-refractivity contribution is 7.99. The highest BCUT2D eigenvalue weighted by Crippen LogP contribution is 2.70. The van der Waals surface area contributed by atoms with Crippen LogP contribution in [0.25, 0.3) is 11.1 Å². The number of hydrogen-bond donors (Lipinski definition) is 0. The van der Waals surface area contributed by atoms with Crippen LogP contribution in [0.3, 0.4) is 0 Å². The topological polar surface area (TPSA) is 3.24 Å². The van der Waals surface area contributed by atoms with Gasteiger partial charge in [0.05, 0.1) is 11.4 Å². The minimum atomic E-state index is 0.0323. The Bertz CT molecular complexity index is 2350. The summed E-state index contributed by atoms with van der Waals surface area (Å²) in [6.45, 7) is 20.0. The van der Waals surface area contributed by atoms with Crippen LogP contribution < -0.4 is 4.90 Å². The van der Waals surface area contributed by atoms with Crippen molar-refractivity contribution in [3.05, 3.63) is 137 Å². The van der Waals surface area contributed by atoms with Crippen molar-refractivity contribution in [2.24, 2.45) is 23.7 Å². The van der Waals surface area contributed by atoms with Crippen LogP contribution >= 0.6 is 11.8 Å². The zero-order chi connectivity index (χ0) is 40.0. The van der Waals surface area contributed by atoms with E-state index in [1.807, 2.05) is 0 Å². The SMILES string of the molecule is CC1(C)CCC(C)(C)c2c(N(c3ccc4c(c3)C3(c5cccc(-c6ccccc6)c5S4)C4CC5CC(C4)CC3C5)c3cccc4c3C(C)(C)CCC4(C)C)cccc21. The molecule has 0 unspecified atom stereocenters. The van der Waals surface area contributed by atoms with E-state index in [1.54, 1.807) is 22.3 Å². The van der Waals surface area contributed by atoms with Gasteiger partial charge in [0.25, 0.3) is 0 Å². The first kappa shape index (κ1) is 37.3.